The number of fused-ring (bicyclic) bond motifs is 1. The van der Waals surface area contributed by atoms with E-state index in [9.17, 15) is 13.6 Å². The van der Waals surface area contributed by atoms with E-state index in [4.69, 9.17) is 4.74 Å². The van der Waals surface area contributed by atoms with Crippen molar-refractivity contribution in [2.24, 2.45) is 0 Å². The number of rotatable bonds is 11. The van der Waals surface area contributed by atoms with Crippen molar-refractivity contribution in [1.29, 1.82) is 0 Å². The third-order valence-corrected chi connectivity index (χ3v) is 8.59. The number of aromatic nitrogens is 3. The fourth-order valence-corrected chi connectivity index (χ4v) is 5.35. The molecule has 0 amide bonds. The molecule has 1 aliphatic carbocycles. The molecule has 0 aliphatic heterocycles. The first-order valence-electron chi connectivity index (χ1n) is 13.0. The van der Waals surface area contributed by atoms with Crippen molar-refractivity contribution in [2.45, 2.75) is 57.3 Å². The lowest BCUT2D eigenvalue weighted by molar-refractivity contribution is -0.0498. The number of nitrogens with zero attached hydrogens (tertiary/aromatic N) is 3. The smallest absolute Gasteiger partial charge is 0.387 e. The highest BCUT2D eigenvalue weighted by Crippen LogP contribution is 2.54. The molecule has 0 spiro atoms. The molecule has 0 radical (unpaired) electrons. The Hall–Kier alpha value is -3.63. The topological polar surface area (TPSA) is 78.3 Å². The van der Waals surface area contributed by atoms with Crippen molar-refractivity contribution in [2.75, 3.05) is 11.9 Å². The van der Waals surface area contributed by atoms with Gasteiger partial charge in [-0.15, -0.1) is 0 Å². The Morgan fingerprint density at radius 1 is 1.00 bits per heavy atom. The van der Waals surface area contributed by atoms with Crippen molar-refractivity contribution >= 4 is 30.6 Å². The SMILES string of the molecule is C[Si](C)(C)CCOCn1c(=O)ccc2cc(C3CC3c3cnc(Nc4ccc(OC(F)F)cc4)nc3)ccc21. The number of benzene rings is 2. The zero-order valence-corrected chi connectivity index (χ0v) is 23.2. The molecule has 0 bridgehead atoms. The summed E-state index contributed by atoms with van der Waals surface area (Å²) in [7, 11) is -1.19. The number of hydrogen-bond donors (Lipinski definition) is 1. The van der Waals surface area contributed by atoms with E-state index in [-0.39, 0.29) is 18.0 Å². The highest BCUT2D eigenvalue weighted by molar-refractivity contribution is 6.76. The lowest BCUT2D eigenvalue weighted by atomic mass is 10.0. The standard InChI is InChI=1S/C29H32F2N4O3Si/c1-39(2,3)13-12-37-18-35-26-10-4-19(14-20(26)5-11-27(35)36)24-15-25(24)21-16-32-29(33-17-21)34-22-6-8-23(9-7-22)38-28(30)31/h4-11,14,16-17,24-25,28H,12-13,15,18H2,1-3H3,(H,32,33,34). The number of halogens is 2. The Balaban J connectivity index is 1.22. The van der Waals surface area contributed by atoms with E-state index in [2.05, 4.69) is 51.8 Å². The molecular weight excluding hydrogens is 518 g/mol. The van der Waals surface area contributed by atoms with Gasteiger partial charge in [-0.2, -0.15) is 8.78 Å². The van der Waals surface area contributed by atoms with E-state index >= 15 is 0 Å². The summed E-state index contributed by atoms with van der Waals surface area (Å²) in [5, 5.41) is 4.09. The van der Waals surface area contributed by atoms with Gasteiger partial charge in [-0.3, -0.25) is 9.36 Å². The summed E-state index contributed by atoms with van der Waals surface area (Å²) < 4.78 is 36.6. The van der Waals surface area contributed by atoms with Gasteiger partial charge in [-0.05, 0) is 83.3 Å². The molecule has 1 fully saturated rings. The van der Waals surface area contributed by atoms with Gasteiger partial charge in [0.05, 0.1) is 5.52 Å². The number of ether oxygens (including phenoxy) is 2. The molecule has 1 aliphatic rings. The van der Waals surface area contributed by atoms with Gasteiger partial charge in [0.25, 0.3) is 5.56 Å². The number of anilines is 2. The second kappa shape index (κ2) is 11.2. The molecule has 204 valence electrons. The molecule has 1 N–H and O–H groups in total. The maximum Gasteiger partial charge on any atom is 0.387 e. The third-order valence-electron chi connectivity index (χ3n) is 6.88. The number of hydrogen-bond acceptors (Lipinski definition) is 6. The largest absolute Gasteiger partial charge is 0.435 e. The van der Waals surface area contributed by atoms with Gasteiger partial charge < -0.3 is 14.8 Å². The van der Waals surface area contributed by atoms with Gasteiger partial charge in [0.15, 0.2) is 0 Å². The summed E-state index contributed by atoms with van der Waals surface area (Å²) in [6, 6.07) is 17.0. The monoisotopic (exact) mass is 550 g/mol. The minimum atomic E-state index is -2.85. The fourth-order valence-electron chi connectivity index (χ4n) is 4.59. The van der Waals surface area contributed by atoms with E-state index in [1.807, 2.05) is 24.5 Å². The Morgan fingerprint density at radius 2 is 1.72 bits per heavy atom. The predicted molar refractivity (Wildman–Crippen MR) is 151 cm³/mol. The first-order chi connectivity index (χ1) is 18.7. The van der Waals surface area contributed by atoms with Gasteiger partial charge in [-0.1, -0.05) is 25.7 Å². The van der Waals surface area contributed by atoms with Crippen LogP contribution in [0.1, 0.15) is 29.4 Å². The van der Waals surface area contributed by atoms with Crippen LogP contribution in [-0.2, 0) is 11.5 Å². The van der Waals surface area contributed by atoms with Gasteiger partial charge in [-0.25, -0.2) is 9.97 Å². The summed E-state index contributed by atoms with van der Waals surface area (Å²) in [6.07, 6.45) is 4.65. The molecule has 39 heavy (non-hydrogen) atoms. The first kappa shape index (κ1) is 27.0. The van der Waals surface area contributed by atoms with Gasteiger partial charge in [0.1, 0.15) is 12.5 Å². The minimum Gasteiger partial charge on any atom is -0.435 e. The highest BCUT2D eigenvalue weighted by atomic mass is 28.3. The molecule has 2 aromatic heterocycles. The van der Waals surface area contributed by atoms with Crippen LogP contribution in [-0.4, -0.2) is 35.8 Å². The second-order valence-electron chi connectivity index (χ2n) is 11.1. The number of nitrogens with one attached hydrogen (secondary N) is 1. The van der Waals surface area contributed by atoms with Crippen molar-refractivity contribution in [3.8, 4) is 5.75 Å². The van der Waals surface area contributed by atoms with E-state index in [1.165, 1.54) is 17.7 Å². The third kappa shape index (κ3) is 6.87. The summed E-state index contributed by atoms with van der Waals surface area (Å²) in [6.45, 7) is 5.00. The van der Waals surface area contributed by atoms with E-state index in [1.54, 1.807) is 22.8 Å². The van der Waals surface area contributed by atoms with E-state index in [0.29, 0.717) is 30.1 Å². The van der Waals surface area contributed by atoms with E-state index < -0.39 is 14.7 Å². The summed E-state index contributed by atoms with van der Waals surface area (Å²) in [5.41, 5.74) is 3.78. The number of pyridine rings is 1. The zero-order valence-electron chi connectivity index (χ0n) is 22.2. The lowest BCUT2D eigenvalue weighted by Gasteiger charge is -2.16. The second-order valence-corrected chi connectivity index (χ2v) is 16.7. The number of alkyl halides is 2. The Bertz CT molecular complexity index is 1490. The van der Waals surface area contributed by atoms with Gasteiger partial charge in [0.2, 0.25) is 5.95 Å². The molecule has 10 heteroatoms. The van der Waals surface area contributed by atoms with Crippen LogP contribution in [0, 0.1) is 0 Å². The molecule has 2 atom stereocenters. The van der Waals surface area contributed by atoms with E-state index in [0.717, 1.165) is 28.9 Å². The van der Waals surface area contributed by atoms with Crippen LogP contribution in [0.4, 0.5) is 20.4 Å². The van der Waals surface area contributed by atoms with Crippen LogP contribution in [0.15, 0.2) is 71.8 Å². The van der Waals surface area contributed by atoms with Crippen LogP contribution in [0.2, 0.25) is 25.7 Å². The molecule has 5 rings (SSSR count). The molecular formula is C29H32F2N4O3Si. The van der Waals surface area contributed by atoms with Gasteiger partial charge >= 0.3 is 6.61 Å². The van der Waals surface area contributed by atoms with Crippen LogP contribution in [0.3, 0.4) is 0 Å². The van der Waals surface area contributed by atoms with Crippen LogP contribution in [0.25, 0.3) is 10.9 Å². The maximum atomic E-state index is 12.5. The molecule has 4 aromatic rings. The summed E-state index contributed by atoms with van der Waals surface area (Å²) in [5.74, 6) is 1.22. The average molecular weight is 551 g/mol. The quantitative estimate of drug-likeness (QED) is 0.165. The van der Waals surface area contributed by atoms with Crippen molar-refractivity contribution in [3.05, 3.63) is 88.5 Å². The Morgan fingerprint density at radius 3 is 2.41 bits per heavy atom. The zero-order chi connectivity index (χ0) is 27.6. The summed E-state index contributed by atoms with van der Waals surface area (Å²) >= 11 is 0. The van der Waals surface area contributed by atoms with Crippen molar-refractivity contribution in [3.63, 3.8) is 0 Å². The molecule has 2 heterocycles. The van der Waals surface area contributed by atoms with Gasteiger partial charge in [0, 0.05) is 38.8 Å². The highest BCUT2D eigenvalue weighted by Gasteiger charge is 2.40. The molecule has 7 nitrogen and oxygen atoms in total. The lowest BCUT2D eigenvalue weighted by Crippen LogP contribution is -2.24. The summed E-state index contributed by atoms with van der Waals surface area (Å²) in [4.78, 5) is 21.4. The average Bonchev–Trinajstić information content (AvgIpc) is 3.69. The van der Waals surface area contributed by atoms with Crippen molar-refractivity contribution in [1.82, 2.24) is 14.5 Å². The fraction of sp³-hybridized carbons (Fsp3) is 0.345. The predicted octanol–water partition coefficient (Wildman–Crippen LogP) is 6.72. The normalized spacial score (nSPS) is 17.0. The minimum absolute atomic E-state index is 0.0594. The van der Waals surface area contributed by atoms with Crippen molar-refractivity contribution < 1.29 is 18.3 Å². The Labute approximate surface area is 226 Å². The molecule has 1 saturated carbocycles. The van der Waals surface area contributed by atoms with Crippen LogP contribution < -0.4 is 15.6 Å². The van der Waals surface area contributed by atoms with Crippen LogP contribution >= 0.6 is 0 Å². The Kier molecular flexibility index (Phi) is 7.76. The van der Waals surface area contributed by atoms with Crippen LogP contribution in [0.5, 0.6) is 5.75 Å². The first-order valence-corrected chi connectivity index (χ1v) is 16.7. The molecule has 2 unspecified atom stereocenters. The molecule has 0 saturated heterocycles. The molecule has 2 aromatic carbocycles. The maximum absolute atomic E-state index is 12.5.